The van der Waals surface area contributed by atoms with Crippen LogP contribution in [-0.2, 0) is 6.42 Å². The van der Waals surface area contributed by atoms with E-state index in [9.17, 15) is 0 Å². The molecular weight excluding hydrogens is 284 g/mol. The van der Waals surface area contributed by atoms with Crippen LogP contribution in [-0.4, -0.2) is 23.1 Å². The Morgan fingerprint density at radius 3 is 2.48 bits per heavy atom. The Hall–Kier alpha value is -2.10. The average Bonchev–Trinajstić information content (AvgIpc) is 2.56. The molecule has 0 atom stereocenters. The Kier molecular flexibility index (Phi) is 7.37. The van der Waals surface area contributed by atoms with Crippen molar-refractivity contribution in [1.29, 1.82) is 0 Å². The van der Waals surface area contributed by atoms with Crippen LogP contribution in [0.3, 0.4) is 0 Å². The Bertz CT molecular complexity index is 569. The van der Waals surface area contributed by atoms with Gasteiger partial charge in [0.25, 0.3) is 0 Å². The summed E-state index contributed by atoms with van der Waals surface area (Å²) in [6, 6.07) is 12.6. The van der Waals surface area contributed by atoms with Gasteiger partial charge in [-0.05, 0) is 31.7 Å². The molecule has 1 aromatic heterocycles. The van der Waals surface area contributed by atoms with E-state index >= 15 is 0 Å². The minimum atomic E-state index is 0.728. The number of anilines is 2. The molecule has 124 valence electrons. The third-order valence-electron chi connectivity index (χ3n) is 3.71. The van der Waals surface area contributed by atoms with Gasteiger partial charge in [-0.2, -0.15) is 4.98 Å². The summed E-state index contributed by atoms with van der Waals surface area (Å²) in [6.07, 6.45) is 5.80. The van der Waals surface area contributed by atoms with Crippen molar-refractivity contribution in [3.8, 4) is 0 Å². The van der Waals surface area contributed by atoms with E-state index in [-0.39, 0.29) is 0 Å². The SMILES string of the molecule is CCCCCNc1nc(C)cc(NCCCc2ccccc2)n1. The highest BCUT2D eigenvalue weighted by Gasteiger charge is 2.01. The van der Waals surface area contributed by atoms with Crippen molar-refractivity contribution < 1.29 is 0 Å². The van der Waals surface area contributed by atoms with Gasteiger partial charge in [0.15, 0.2) is 0 Å². The molecule has 0 saturated carbocycles. The molecule has 0 amide bonds. The van der Waals surface area contributed by atoms with Gasteiger partial charge in [-0.25, -0.2) is 4.98 Å². The summed E-state index contributed by atoms with van der Waals surface area (Å²) in [6.45, 7) is 6.07. The van der Waals surface area contributed by atoms with Crippen LogP contribution in [0.5, 0.6) is 0 Å². The molecule has 2 rings (SSSR count). The second kappa shape index (κ2) is 9.82. The molecule has 1 heterocycles. The molecule has 0 aliphatic heterocycles. The lowest BCUT2D eigenvalue weighted by Gasteiger charge is -2.10. The maximum absolute atomic E-state index is 4.54. The summed E-state index contributed by atoms with van der Waals surface area (Å²) in [5, 5.41) is 6.72. The first-order valence-corrected chi connectivity index (χ1v) is 8.65. The Morgan fingerprint density at radius 2 is 1.70 bits per heavy atom. The molecule has 0 unspecified atom stereocenters. The number of hydrogen-bond acceptors (Lipinski definition) is 4. The lowest BCUT2D eigenvalue weighted by Crippen LogP contribution is -2.10. The van der Waals surface area contributed by atoms with Crippen LogP contribution in [0.15, 0.2) is 36.4 Å². The Balaban J connectivity index is 1.76. The zero-order chi connectivity index (χ0) is 16.3. The third-order valence-corrected chi connectivity index (χ3v) is 3.71. The van der Waals surface area contributed by atoms with Gasteiger partial charge in [0.1, 0.15) is 5.82 Å². The summed E-state index contributed by atoms with van der Waals surface area (Å²) < 4.78 is 0. The molecule has 0 bridgehead atoms. The third kappa shape index (κ3) is 6.68. The van der Waals surface area contributed by atoms with E-state index in [1.54, 1.807) is 0 Å². The summed E-state index contributed by atoms with van der Waals surface area (Å²) in [5.74, 6) is 1.63. The maximum Gasteiger partial charge on any atom is 0.224 e. The fraction of sp³-hybridized carbons (Fsp3) is 0.474. The monoisotopic (exact) mass is 312 g/mol. The van der Waals surface area contributed by atoms with Crippen molar-refractivity contribution in [3.05, 3.63) is 47.7 Å². The van der Waals surface area contributed by atoms with E-state index in [1.165, 1.54) is 18.4 Å². The normalized spacial score (nSPS) is 10.5. The molecule has 0 saturated heterocycles. The van der Waals surface area contributed by atoms with Crippen LogP contribution < -0.4 is 10.6 Å². The molecular formula is C19H28N4. The smallest absolute Gasteiger partial charge is 0.224 e. The van der Waals surface area contributed by atoms with Crippen molar-refractivity contribution in [2.24, 2.45) is 0 Å². The van der Waals surface area contributed by atoms with E-state index in [2.05, 4.69) is 57.9 Å². The number of aryl methyl sites for hydroxylation is 2. The van der Waals surface area contributed by atoms with Crippen LogP contribution in [0.25, 0.3) is 0 Å². The van der Waals surface area contributed by atoms with Crippen LogP contribution in [0, 0.1) is 6.92 Å². The molecule has 23 heavy (non-hydrogen) atoms. The summed E-state index contributed by atoms with van der Waals surface area (Å²) >= 11 is 0. The maximum atomic E-state index is 4.54. The fourth-order valence-electron chi connectivity index (χ4n) is 2.47. The molecule has 0 spiro atoms. The number of nitrogens with one attached hydrogen (secondary N) is 2. The van der Waals surface area contributed by atoms with Gasteiger partial charge in [-0.3, -0.25) is 0 Å². The van der Waals surface area contributed by atoms with Gasteiger partial charge in [-0.15, -0.1) is 0 Å². The minimum Gasteiger partial charge on any atom is -0.370 e. The summed E-state index contributed by atoms with van der Waals surface area (Å²) in [5.41, 5.74) is 2.37. The topological polar surface area (TPSA) is 49.8 Å². The van der Waals surface area contributed by atoms with E-state index < -0.39 is 0 Å². The highest BCUT2D eigenvalue weighted by Crippen LogP contribution is 2.10. The standard InChI is InChI=1S/C19H28N4/c1-3-4-8-13-21-19-22-16(2)15-18(23-19)20-14-9-12-17-10-6-5-7-11-17/h5-7,10-11,15H,3-4,8-9,12-14H2,1-2H3,(H2,20,21,22,23). The first-order chi connectivity index (χ1) is 11.3. The number of benzene rings is 1. The molecule has 0 fully saturated rings. The summed E-state index contributed by atoms with van der Waals surface area (Å²) in [4.78, 5) is 8.99. The molecule has 2 aromatic rings. The predicted octanol–water partition coefficient (Wildman–Crippen LogP) is 4.43. The Morgan fingerprint density at radius 1 is 0.913 bits per heavy atom. The predicted molar refractivity (Wildman–Crippen MR) is 98.0 cm³/mol. The number of nitrogens with zero attached hydrogens (tertiary/aromatic N) is 2. The minimum absolute atomic E-state index is 0.728. The van der Waals surface area contributed by atoms with Gasteiger partial charge in [0, 0.05) is 24.8 Å². The van der Waals surface area contributed by atoms with Crippen molar-refractivity contribution in [2.45, 2.75) is 46.0 Å². The number of rotatable bonds is 10. The number of hydrogen-bond donors (Lipinski definition) is 2. The first kappa shape index (κ1) is 17.3. The van der Waals surface area contributed by atoms with Crippen molar-refractivity contribution in [1.82, 2.24) is 9.97 Å². The second-order valence-electron chi connectivity index (χ2n) is 5.87. The lowest BCUT2D eigenvalue weighted by molar-refractivity contribution is 0.740. The second-order valence-corrected chi connectivity index (χ2v) is 5.87. The lowest BCUT2D eigenvalue weighted by atomic mass is 10.1. The van der Waals surface area contributed by atoms with Crippen LogP contribution in [0.4, 0.5) is 11.8 Å². The fourth-order valence-corrected chi connectivity index (χ4v) is 2.47. The van der Waals surface area contributed by atoms with Gasteiger partial charge >= 0.3 is 0 Å². The molecule has 0 aliphatic rings. The molecule has 4 heteroatoms. The first-order valence-electron chi connectivity index (χ1n) is 8.65. The van der Waals surface area contributed by atoms with Gasteiger partial charge in [-0.1, -0.05) is 50.1 Å². The van der Waals surface area contributed by atoms with Gasteiger partial charge in [0.05, 0.1) is 0 Å². The quantitative estimate of drug-likeness (QED) is 0.637. The molecule has 2 N–H and O–H groups in total. The van der Waals surface area contributed by atoms with Gasteiger partial charge < -0.3 is 10.6 Å². The molecule has 1 aromatic carbocycles. The molecule has 4 nitrogen and oxygen atoms in total. The number of unbranched alkanes of at least 4 members (excludes halogenated alkanes) is 2. The van der Waals surface area contributed by atoms with E-state index in [0.29, 0.717) is 0 Å². The van der Waals surface area contributed by atoms with Crippen LogP contribution in [0.1, 0.15) is 43.9 Å². The Labute approximate surface area is 139 Å². The number of aromatic nitrogens is 2. The highest BCUT2D eigenvalue weighted by atomic mass is 15.1. The van der Waals surface area contributed by atoms with Crippen molar-refractivity contribution in [3.63, 3.8) is 0 Å². The van der Waals surface area contributed by atoms with Crippen LogP contribution >= 0.6 is 0 Å². The average molecular weight is 312 g/mol. The molecule has 0 radical (unpaired) electrons. The zero-order valence-corrected chi connectivity index (χ0v) is 14.3. The van der Waals surface area contributed by atoms with E-state index in [0.717, 1.165) is 49.8 Å². The zero-order valence-electron chi connectivity index (χ0n) is 14.3. The van der Waals surface area contributed by atoms with Crippen LogP contribution in [0.2, 0.25) is 0 Å². The largest absolute Gasteiger partial charge is 0.370 e. The highest BCUT2D eigenvalue weighted by molar-refractivity contribution is 5.42. The summed E-state index contributed by atoms with van der Waals surface area (Å²) in [7, 11) is 0. The van der Waals surface area contributed by atoms with Crippen molar-refractivity contribution in [2.75, 3.05) is 23.7 Å². The van der Waals surface area contributed by atoms with E-state index in [4.69, 9.17) is 0 Å². The molecule has 0 aliphatic carbocycles. The van der Waals surface area contributed by atoms with E-state index in [1.807, 2.05) is 13.0 Å². The van der Waals surface area contributed by atoms with Gasteiger partial charge in [0.2, 0.25) is 5.95 Å². The van der Waals surface area contributed by atoms with Crippen molar-refractivity contribution >= 4 is 11.8 Å².